The van der Waals surface area contributed by atoms with E-state index >= 15 is 0 Å². The number of halogens is 2. The predicted octanol–water partition coefficient (Wildman–Crippen LogP) is 2.67. The third-order valence-electron chi connectivity index (χ3n) is 3.53. The molecule has 7 heteroatoms. The van der Waals surface area contributed by atoms with Crippen molar-refractivity contribution in [1.29, 1.82) is 0 Å². The fourth-order valence-corrected chi connectivity index (χ4v) is 3.90. The Balaban J connectivity index is 2.26. The second-order valence-electron chi connectivity index (χ2n) is 5.49. The van der Waals surface area contributed by atoms with E-state index in [2.05, 4.69) is 10.0 Å². The van der Waals surface area contributed by atoms with Gasteiger partial charge in [-0.25, -0.2) is 17.5 Å². The van der Waals surface area contributed by atoms with E-state index in [4.69, 9.17) is 11.6 Å². The van der Waals surface area contributed by atoms with Crippen LogP contribution in [0.5, 0.6) is 0 Å². The summed E-state index contributed by atoms with van der Waals surface area (Å²) in [6, 6.07) is 2.52. The summed E-state index contributed by atoms with van der Waals surface area (Å²) in [5, 5.41) is 3.26. The Morgan fingerprint density at radius 1 is 1.43 bits per heavy atom. The van der Waals surface area contributed by atoms with E-state index in [9.17, 15) is 12.8 Å². The molecule has 2 atom stereocenters. The van der Waals surface area contributed by atoms with Gasteiger partial charge in [0.05, 0.1) is 0 Å². The summed E-state index contributed by atoms with van der Waals surface area (Å²) >= 11 is 5.94. The predicted molar refractivity (Wildman–Crippen MR) is 81.3 cm³/mol. The van der Waals surface area contributed by atoms with Crippen LogP contribution in [0.3, 0.4) is 0 Å². The van der Waals surface area contributed by atoms with Crippen molar-refractivity contribution in [3.05, 3.63) is 28.5 Å². The highest BCUT2D eigenvalue weighted by Gasteiger charge is 2.37. The Hall–Kier alpha value is -0.690. The first-order chi connectivity index (χ1) is 9.85. The van der Waals surface area contributed by atoms with Crippen LogP contribution in [0.1, 0.15) is 32.3 Å². The molecule has 0 aliphatic heterocycles. The van der Waals surface area contributed by atoms with Crippen LogP contribution in [0.4, 0.5) is 4.39 Å². The Kier molecular flexibility index (Phi) is 5.24. The molecule has 2 N–H and O–H groups in total. The van der Waals surface area contributed by atoms with E-state index in [1.165, 1.54) is 6.07 Å². The summed E-state index contributed by atoms with van der Waals surface area (Å²) in [7, 11) is -3.87. The average Bonchev–Trinajstić information content (AvgIpc) is 3.07. The molecule has 1 aliphatic carbocycles. The summed E-state index contributed by atoms with van der Waals surface area (Å²) in [6.07, 6.45) is 1.70. The Morgan fingerprint density at radius 2 is 2.10 bits per heavy atom. The molecule has 1 aromatic carbocycles. The molecule has 0 radical (unpaired) electrons. The smallest absolute Gasteiger partial charge is 0.243 e. The van der Waals surface area contributed by atoms with Gasteiger partial charge in [-0.3, -0.25) is 0 Å². The van der Waals surface area contributed by atoms with Crippen LogP contribution in [0.2, 0.25) is 5.02 Å². The average molecular weight is 335 g/mol. The van der Waals surface area contributed by atoms with E-state index in [1.807, 2.05) is 13.8 Å². The lowest BCUT2D eigenvalue weighted by molar-refractivity contribution is 0.540. The van der Waals surface area contributed by atoms with E-state index in [-0.39, 0.29) is 28.1 Å². The molecule has 21 heavy (non-hydrogen) atoms. The molecule has 1 aliphatic rings. The molecule has 118 valence electrons. The van der Waals surface area contributed by atoms with Gasteiger partial charge in [0.1, 0.15) is 10.7 Å². The Morgan fingerprint density at radius 3 is 2.67 bits per heavy atom. The topological polar surface area (TPSA) is 58.2 Å². The van der Waals surface area contributed by atoms with Crippen molar-refractivity contribution in [3.8, 4) is 0 Å². The number of hydrogen-bond donors (Lipinski definition) is 2. The molecule has 0 heterocycles. The van der Waals surface area contributed by atoms with Crippen LogP contribution in [0, 0.1) is 11.7 Å². The van der Waals surface area contributed by atoms with Gasteiger partial charge in [-0.05, 0) is 37.4 Å². The molecule has 0 aromatic heterocycles. The van der Waals surface area contributed by atoms with Crippen LogP contribution in [0.15, 0.2) is 17.0 Å². The third-order valence-corrected chi connectivity index (χ3v) is 5.23. The Labute approximate surface area is 130 Å². The first-order valence-corrected chi connectivity index (χ1v) is 8.92. The molecule has 0 spiro atoms. The molecule has 1 aromatic rings. The molecule has 0 amide bonds. The van der Waals surface area contributed by atoms with Crippen molar-refractivity contribution in [2.75, 3.05) is 6.54 Å². The normalized spacial score (nSPS) is 21.5. The second-order valence-corrected chi connectivity index (χ2v) is 7.61. The minimum atomic E-state index is -3.87. The number of nitrogens with one attached hydrogen (secondary N) is 2. The minimum absolute atomic E-state index is 0.102. The number of sulfonamides is 1. The molecule has 4 nitrogen and oxygen atoms in total. The zero-order chi connectivity index (χ0) is 15.6. The fourth-order valence-electron chi connectivity index (χ4n) is 2.09. The highest BCUT2D eigenvalue weighted by atomic mass is 35.5. The van der Waals surface area contributed by atoms with Gasteiger partial charge in [0, 0.05) is 23.2 Å². The van der Waals surface area contributed by atoms with Crippen LogP contribution in [-0.4, -0.2) is 21.0 Å². The maximum absolute atomic E-state index is 14.4. The quantitative estimate of drug-likeness (QED) is 0.754. The lowest BCUT2D eigenvalue weighted by Gasteiger charge is -2.12. The number of rotatable bonds is 7. The van der Waals surface area contributed by atoms with Gasteiger partial charge in [0.15, 0.2) is 0 Å². The van der Waals surface area contributed by atoms with Crippen LogP contribution >= 0.6 is 11.6 Å². The van der Waals surface area contributed by atoms with Gasteiger partial charge in [-0.2, -0.15) is 0 Å². The van der Waals surface area contributed by atoms with Gasteiger partial charge in [-0.1, -0.05) is 25.4 Å². The Bertz CT molecular complexity index is 622. The molecule has 0 saturated heterocycles. The summed E-state index contributed by atoms with van der Waals surface area (Å²) in [4.78, 5) is -0.373. The summed E-state index contributed by atoms with van der Waals surface area (Å²) in [5.74, 6) is -0.434. The van der Waals surface area contributed by atoms with Crippen molar-refractivity contribution >= 4 is 21.6 Å². The minimum Gasteiger partial charge on any atom is -0.313 e. The van der Waals surface area contributed by atoms with Gasteiger partial charge >= 0.3 is 0 Å². The molecule has 1 fully saturated rings. The molecule has 2 unspecified atom stereocenters. The molecule has 0 bridgehead atoms. The molecule has 1 saturated carbocycles. The first-order valence-electron chi connectivity index (χ1n) is 7.06. The number of hydrogen-bond acceptors (Lipinski definition) is 3. The fraction of sp³-hybridized carbons (Fsp3) is 0.571. The SMILES string of the molecule is CCCNCc1cc(Cl)cc(S(=O)(=O)NC2CC2C)c1F. The van der Waals surface area contributed by atoms with Crippen LogP contribution in [-0.2, 0) is 16.6 Å². The lowest BCUT2D eigenvalue weighted by Crippen LogP contribution is -2.28. The zero-order valence-electron chi connectivity index (χ0n) is 12.1. The van der Waals surface area contributed by atoms with Crippen molar-refractivity contribution in [3.63, 3.8) is 0 Å². The molecular formula is C14H20ClFN2O2S. The first kappa shape index (κ1) is 16.7. The highest BCUT2D eigenvalue weighted by Crippen LogP contribution is 2.32. The molecule has 2 rings (SSSR count). The van der Waals surface area contributed by atoms with Crippen molar-refractivity contribution in [2.24, 2.45) is 5.92 Å². The highest BCUT2D eigenvalue weighted by molar-refractivity contribution is 7.89. The van der Waals surface area contributed by atoms with E-state index in [0.717, 1.165) is 25.5 Å². The summed E-state index contributed by atoms with van der Waals surface area (Å²) in [5.41, 5.74) is 0.264. The maximum atomic E-state index is 14.4. The second kappa shape index (κ2) is 6.60. The molecular weight excluding hydrogens is 315 g/mol. The van der Waals surface area contributed by atoms with Gasteiger partial charge in [0.25, 0.3) is 0 Å². The van der Waals surface area contributed by atoms with Gasteiger partial charge in [-0.15, -0.1) is 0 Å². The van der Waals surface area contributed by atoms with E-state index in [1.54, 1.807) is 0 Å². The number of benzene rings is 1. The van der Waals surface area contributed by atoms with Gasteiger partial charge in [0.2, 0.25) is 10.0 Å². The maximum Gasteiger partial charge on any atom is 0.243 e. The van der Waals surface area contributed by atoms with Gasteiger partial charge < -0.3 is 5.32 Å². The largest absolute Gasteiger partial charge is 0.313 e. The standard InChI is InChI=1S/C14H20ClFN2O2S/c1-3-4-17-8-10-6-11(15)7-13(14(10)16)21(19,20)18-12-5-9(12)2/h6-7,9,12,17-18H,3-5,8H2,1-2H3. The monoisotopic (exact) mass is 334 g/mol. The van der Waals surface area contributed by atoms with Crippen molar-refractivity contribution < 1.29 is 12.8 Å². The third kappa shape index (κ3) is 4.16. The van der Waals surface area contributed by atoms with E-state index < -0.39 is 15.8 Å². The van der Waals surface area contributed by atoms with E-state index in [0.29, 0.717) is 5.92 Å². The summed E-state index contributed by atoms with van der Waals surface area (Å²) < 4.78 is 41.4. The van der Waals surface area contributed by atoms with Crippen molar-refractivity contribution in [2.45, 2.75) is 44.2 Å². The van der Waals surface area contributed by atoms with Crippen molar-refractivity contribution in [1.82, 2.24) is 10.0 Å². The summed E-state index contributed by atoms with van der Waals surface area (Å²) in [6.45, 7) is 4.92. The van der Waals surface area contributed by atoms with Crippen LogP contribution in [0.25, 0.3) is 0 Å². The van der Waals surface area contributed by atoms with Crippen LogP contribution < -0.4 is 10.0 Å². The zero-order valence-corrected chi connectivity index (χ0v) is 13.7. The lowest BCUT2D eigenvalue weighted by atomic mass is 10.2.